The number of fused-ring (bicyclic) bond motifs is 1. The standard InChI is InChI=1S/C16H22F2N4.2ClH/c1-16(2)10-21(8-7-13(16)19)9-14-20-11-5-3-4-6-12(11)22(14)15(17)18;;/h3-6,13,15H,7-10,19H2,1-2H3;2*1H. The van der Waals surface area contributed by atoms with E-state index >= 15 is 0 Å². The summed E-state index contributed by atoms with van der Waals surface area (Å²) in [4.78, 5) is 6.57. The average molecular weight is 381 g/mol. The van der Waals surface area contributed by atoms with Crippen LogP contribution in [-0.2, 0) is 6.54 Å². The van der Waals surface area contributed by atoms with Crippen LogP contribution in [0.5, 0.6) is 0 Å². The van der Waals surface area contributed by atoms with Gasteiger partial charge in [0.2, 0.25) is 0 Å². The van der Waals surface area contributed by atoms with Gasteiger partial charge in [-0.2, -0.15) is 8.78 Å². The van der Waals surface area contributed by atoms with Crippen molar-refractivity contribution in [1.29, 1.82) is 0 Å². The summed E-state index contributed by atoms with van der Waals surface area (Å²) in [7, 11) is 0. The Morgan fingerprint density at radius 3 is 2.58 bits per heavy atom. The number of rotatable bonds is 3. The van der Waals surface area contributed by atoms with E-state index in [0.29, 0.717) is 23.4 Å². The van der Waals surface area contributed by atoms with Gasteiger partial charge in [-0.1, -0.05) is 26.0 Å². The van der Waals surface area contributed by atoms with Crippen molar-refractivity contribution in [2.45, 2.75) is 39.4 Å². The number of para-hydroxylation sites is 2. The van der Waals surface area contributed by atoms with Gasteiger partial charge in [0.05, 0.1) is 17.6 Å². The number of halogens is 4. The highest BCUT2D eigenvalue weighted by Crippen LogP contribution is 2.30. The van der Waals surface area contributed by atoms with Gasteiger partial charge in [-0.3, -0.25) is 9.47 Å². The van der Waals surface area contributed by atoms with Crippen LogP contribution in [0.2, 0.25) is 0 Å². The Morgan fingerprint density at radius 2 is 1.96 bits per heavy atom. The molecule has 1 aromatic carbocycles. The second-order valence-corrected chi connectivity index (χ2v) is 6.76. The minimum atomic E-state index is -2.58. The maximum atomic E-state index is 13.4. The molecule has 0 bridgehead atoms. The number of aromatic nitrogens is 2. The first kappa shape index (κ1) is 21.1. The average Bonchev–Trinajstić information content (AvgIpc) is 2.80. The SMILES string of the molecule is CC1(C)CN(Cc2nc3ccccc3n2C(F)F)CCC1N.Cl.Cl. The van der Waals surface area contributed by atoms with E-state index in [9.17, 15) is 8.78 Å². The molecule has 2 N–H and O–H groups in total. The van der Waals surface area contributed by atoms with Crippen LogP contribution in [0, 0.1) is 5.41 Å². The summed E-state index contributed by atoms with van der Waals surface area (Å²) in [6, 6.07) is 7.19. The molecule has 1 saturated heterocycles. The molecule has 0 radical (unpaired) electrons. The maximum absolute atomic E-state index is 13.4. The van der Waals surface area contributed by atoms with Crippen LogP contribution in [0.25, 0.3) is 11.0 Å². The fourth-order valence-corrected chi connectivity index (χ4v) is 3.24. The lowest BCUT2D eigenvalue weighted by molar-refractivity contribution is 0.0583. The smallest absolute Gasteiger partial charge is 0.320 e. The number of benzene rings is 1. The highest BCUT2D eigenvalue weighted by atomic mass is 35.5. The molecule has 1 fully saturated rings. The normalized spacial score (nSPS) is 20.7. The first-order valence-corrected chi connectivity index (χ1v) is 7.60. The summed E-state index contributed by atoms with van der Waals surface area (Å²) in [5.74, 6) is 0.419. The van der Waals surface area contributed by atoms with Gasteiger partial charge < -0.3 is 5.73 Å². The molecule has 136 valence electrons. The van der Waals surface area contributed by atoms with E-state index in [0.717, 1.165) is 24.1 Å². The minimum Gasteiger partial charge on any atom is -0.327 e. The summed E-state index contributed by atoms with van der Waals surface area (Å²) in [5, 5.41) is 0. The third kappa shape index (κ3) is 3.99. The minimum absolute atomic E-state index is 0. The van der Waals surface area contributed by atoms with E-state index in [1.165, 1.54) is 0 Å². The molecule has 4 nitrogen and oxygen atoms in total. The van der Waals surface area contributed by atoms with Crippen molar-refractivity contribution < 1.29 is 8.78 Å². The molecule has 1 atom stereocenters. The first-order valence-electron chi connectivity index (χ1n) is 7.60. The van der Waals surface area contributed by atoms with E-state index in [2.05, 4.69) is 23.7 Å². The summed E-state index contributed by atoms with van der Waals surface area (Å²) in [6.07, 6.45) is 0.877. The zero-order valence-electron chi connectivity index (χ0n) is 13.8. The number of imidazole rings is 1. The lowest BCUT2D eigenvalue weighted by Gasteiger charge is -2.42. The Balaban J connectivity index is 0.00000144. The molecule has 0 saturated carbocycles. The predicted molar refractivity (Wildman–Crippen MR) is 97.1 cm³/mol. The number of alkyl halides is 2. The Labute approximate surface area is 153 Å². The van der Waals surface area contributed by atoms with Gasteiger partial charge >= 0.3 is 6.55 Å². The van der Waals surface area contributed by atoms with Crippen LogP contribution < -0.4 is 5.73 Å². The van der Waals surface area contributed by atoms with E-state index in [1.54, 1.807) is 18.2 Å². The third-order valence-electron chi connectivity index (χ3n) is 4.62. The number of likely N-dealkylation sites (tertiary alicyclic amines) is 1. The number of nitrogens with two attached hydrogens (primary N) is 1. The summed E-state index contributed by atoms with van der Waals surface area (Å²) in [6.45, 7) is 3.70. The summed E-state index contributed by atoms with van der Waals surface area (Å²) < 4.78 is 27.9. The van der Waals surface area contributed by atoms with Gasteiger partial charge in [0.15, 0.2) is 0 Å². The molecule has 1 unspecified atom stereocenters. The summed E-state index contributed by atoms with van der Waals surface area (Å²) >= 11 is 0. The lowest BCUT2D eigenvalue weighted by atomic mass is 9.80. The molecule has 0 spiro atoms. The van der Waals surface area contributed by atoms with E-state index in [4.69, 9.17) is 5.73 Å². The molecule has 1 aliphatic heterocycles. The number of piperidine rings is 1. The molecule has 8 heteroatoms. The second-order valence-electron chi connectivity index (χ2n) is 6.76. The highest BCUT2D eigenvalue weighted by Gasteiger charge is 2.34. The lowest BCUT2D eigenvalue weighted by Crippen LogP contribution is -2.52. The molecule has 2 heterocycles. The van der Waals surface area contributed by atoms with Crippen molar-refractivity contribution in [1.82, 2.24) is 14.5 Å². The highest BCUT2D eigenvalue weighted by molar-refractivity contribution is 5.85. The molecule has 1 aromatic heterocycles. The Morgan fingerprint density at radius 1 is 1.29 bits per heavy atom. The Bertz CT molecular complexity index is 675. The van der Waals surface area contributed by atoms with Crippen LogP contribution in [0.15, 0.2) is 24.3 Å². The maximum Gasteiger partial charge on any atom is 0.320 e. The van der Waals surface area contributed by atoms with E-state index in [-0.39, 0.29) is 36.3 Å². The molecule has 0 amide bonds. The molecule has 24 heavy (non-hydrogen) atoms. The van der Waals surface area contributed by atoms with Gasteiger partial charge in [-0.25, -0.2) is 4.98 Å². The van der Waals surface area contributed by atoms with Gasteiger partial charge in [0, 0.05) is 19.1 Å². The monoisotopic (exact) mass is 380 g/mol. The molecular formula is C16H24Cl2F2N4. The molecule has 2 aromatic rings. The molecule has 0 aliphatic carbocycles. The number of nitrogens with zero attached hydrogens (tertiary/aromatic N) is 3. The Kier molecular flexibility index (Phi) is 6.99. The van der Waals surface area contributed by atoms with Crippen LogP contribution >= 0.6 is 24.8 Å². The van der Waals surface area contributed by atoms with Gasteiger partial charge in [-0.15, -0.1) is 24.8 Å². The van der Waals surface area contributed by atoms with Gasteiger partial charge in [0.1, 0.15) is 5.82 Å². The topological polar surface area (TPSA) is 47.1 Å². The summed E-state index contributed by atoms with van der Waals surface area (Å²) in [5.41, 5.74) is 7.23. The molecule has 3 rings (SSSR count). The molecular weight excluding hydrogens is 357 g/mol. The second kappa shape index (κ2) is 7.95. The number of hydrogen-bond acceptors (Lipinski definition) is 3. The van der Waals surface area contributed by atoms with Crippen LogP contribution in [-0.4, -0.2) is 33.6 Å². The zero-order valence-corrected chi connectivity index (χ0v) is 15.4. The fraction of sp³-hybridized carbons (Fsp3) is 0.562. The van der Waals surface area contributed by atoms with Crippen LogP contribution in [0.3, 0.4) is 0 Å². The van der Waals surface area contributed by atoms with Crippen molar-refractivity contribution in [2.75, 3.05) is 13.1 Å². The van der Waals surface area contributed by atoms with Gasteiger partial charge in [0.25, 0.3) is 0 Å². The fourth-order valence-electron chi connectivity index (χ4n) is 3.24. The third-order valence-corrected chi connectivity index (χ3v) is 4.62. The quantitative estimate of drug-likeness (QED) is 0.879. The van der Waals surface area contributed by atoms with Crippen molar-refractivity contribution in [3.63, 3.8) is 0 Å². The molecule has 1 aliphatic rings. The van der Waals surface area contributed by atoms with Gasteiger partial charge in [-0.05, 0) is 24.0 Å². The van der Waals surface area contributed by atoms with Crippen molar-refractivity contribution in [3.8, 4) is 0 Å². The largest absolute Gasteiger partial charge is 0.327 e. The van der Waals surface area contributed by atoms with E-state index < -0.39 is 6.55 Å². The Hall–Kier alpha value is -0.950. The van der Waals surface area contributed by atoms with Crippen molar-refractivity contribution in [3.05, 3.63) is 30.1 Å². The van der Waals surface area contributed by atoms with E-state index in [1.807, 2.05) is 6.07 Å². The number of hydrogen-bond donors (Lipinski definition) is 1. The van der Waals surface area contributed by atoms with Crippen molar-refractivity contribution >= 4 is 35.8 Å². The predicted octanol–water partition coefficient (Wildman–Crippen LogP) is 3.83. The van der Waals surface area contributed by atoms with Crippen molar-refractivity contribution in [2.24, 2.45) is 11.1 Å². The van der Waals surface area contributed by atoms with Crippen LogP contribution in [0.1, 0.15) is 32.6 Å². The van der Waals surface area contributed by atoms with Crippen LogP contribution in [0.4, 0.5) is 8.78 Å². The zero-order chi connectivity index (χ0) is 15.9. The first-order chi connectivity index (χ1) is 10.4.